The Morgan fingerprint density at radius 1 is 1.19 bits per heavy atom. The SMILES string of the molecule is CCC1(NC2CC(C)(C)OC2(C)C)CCC1. The molecule has 1 N–H and O–H groups in total. The molecule has 0 aromatic heterocycles. The Hall–Kier alpha value is -0.0800. The first kappa shape index (κ1) is 12.4. The minimum absolute atomic E-state index is 0.0265. The Kier molecular flexibility index (Phi) is 2.87. The highest BCUT2D eigenvalue weighted by atomic mass is 16.5. The third-order valence-electron chi connectivity index (χ3n) is 4.54. The molecule has 0 aromatic carbocycles. The van der Waals surface area contributed by atoms with E-state index in [1.165, 1.54) is 25.7 Å². The van der Waals surface area contributed by atoms with Gasteiger partial charge >= 0.3 is 0 Å². The lowest BCUT2D eigenvalue weighted by Crippen LogP contribution is -2.58. The third-order valence-corrected chi connectivity index (χ3v) is 4.54. The number of hydrogen-bond acceptors (Lipinski definition) is 2. The second-order valence-electron chi connectivity index (χ2n) is 6.85. The molecule has 2 nitrogen and oxygen atoms in total. The molecule has 0 aromatic rings. The van der Waals surface area contributed by atoms with E-state index >= 15 is 0 Å². The van der Waals surface area contributed by atoms with Crippen molar-refractivity contribution in [3.63, 3.8) is 0 Å². The molecule has 2 heteroatoms. The Bertz CT molecular complexity index is 260. The first-order chi connectivity index (χ1) is 7.29. The normalized spacial score (nSPS) is 34.7. The van der Waals surface area contributed by atoms with Crippen molar-refractivity contribution in [2.45, 2.75) is 89.5 Å². The topological polar surface area (TPSA) is 21.3 Å². The maximum Gasteiger partial charge on any atom is 0.0787 e. The van der Waals surface area contributed by atoms with Gasteiger partial charge in [0.05, 0.1) is 11.2 Å². The molecule has 2 fully saturated rings. The molecule has 1 saturated carbocycles. The zero-order chi connectivity index (χ0) is 12.0. The largest absolute Gasteiger partial charge is 0.368 e. The average Bonchev–Trinajstić information content (AvgIpc) is 2.26. The van der Waals surface area contributed by atoms with E-state index in [1.54, 1.807) is 0 Å². The molecular weight excluding hydrogens is 198 g/mol. The van der Waals surface area contributed by atoms with Crippen LogP contribution in [-0.4, -0.2) is 22.8 Å². The van der Waals surface area contributed by atoms with E-state index in [0.29, 0.717) is 11.6 Å². The van der Waals surface area contributed by atoms with Gasteiger partial charge in [0.25, 0.3) is 0 Å². The molecule has 0 radical (unpaired) electrons. The summed E-state index contributed by atoms with van der Waals surface area (Å²) in [7, 11) is 0. The fourth-order valence-electron chi connectivity index (χ4n) is 3.36. The van der Waals surface area contributed by atoms with Crippen LogP contribution in [0.5, 0.6) is 0 Å². The van der Waals surface area contributed by atoms with E-state index in [1.807, 2.05) is 0 Å². The number of rotatable bonds is 3. The Labute approximate surface area is 100 Å². The van der Waals surface area contributed by atoms with Gasteiger partial charge in [0.15, 0.2) is 0 Å². The standard InChI is InChI=1S/C14H27NO/c1-6-14(8-7-9-14)15-11-10-12(2,3)16-13(11,4)5/h11,15H,6-10H2,1-5H3. The van der Waals surface area contributed by atoms with Crippen molar-refractivity contribution < 1.29 is 4.74 Å². The molecule has 1 unspecified atom stereocenters. The third kappa shape index (κ3) is 2.14. The molecule has 2 aliphatic rings. The molecule has 0 spiro atoms. The zero-order valence-electron chi connectivity index (χ0n) is 11.5. The second-order valence-corrected chi connectivity index (χ2v) is 6.85. The van der Waals surface area contributed by atoms with Crippen molar-refractivity contribution in [3.05, 3.63) is 0 Å². The maximum absolute atomic E-state index is 6.15. The highest BCUT2D eigenvalue weighted by Gasteiger charge is 2.49. The van der Waals surface area contributed by atoms with Crippen LogP contribution in [0.3, 0.4) is 0 Å². The lowest BCUT2D eigenvalue weighted by Gasteiger charge is -2.46. The van der Waals surface area contributed by atoms with Crippen molar-refractivity contribution in [2.75, 3.05) is 0 Å². The molecule has 94 valence electrons. The molecule has 1 saturated heterocycles. The van der Waals surface area contributed by atoms with Crippen LogP contribution in [-0.2, 0) is 4.74 Å². The van der Waals surface area contributed by atoms with Gasteiger partial charge in [-0.2, -0.15) is 0 Å². The van der Waals surface area contributed by atoms with Gasteiger partial charge in [-0.3, -0.25) is 0 Å². The summed E-state index contributed by atoms with van der Waals surface area (Å²) in [5, 5.41) is 3.90. The molecule has 0 bridgehead atoms. The summed E-state index contributed by atoms with van der Waals surface area (Å²) in [6.07, 6.45) is 6.45. The first-order valence-corrected chi connectivity index (χ1v) is 6.77. The van der Waals surface area contributed by atoms with Gasteiger partial charge in [-0.1, -0.05) is 6.92 Å². The first-order valence-electron chi connectivity index (χ1n) is 6.77. The highest BCUT2D eigenvalue weighted by molar-refractivity contribution is 5.05. The van der Waals surface area contributed by atoms with Crippen LogP contribution in [0.15, 0.2) is 0 Å². The van der Waals surface area contributed by atoms with Crippen molar-refractivity contribution in [1.82, 2.24) is 5.32 Å². The predicted molar refractivity (Wildman–Crippen MR) is 67.7 cm³/mol. The van der Waals surface area contributed by atoms with Crippen molar-refractivity contribution >= 4 is 0 Å². The van der Waals surface area contributed by atoms with Crippen molar-refractivity contribution in [1.29, 1.82) is 0 Å². The van der Waals surface area contributed by atoms with Crippen LogP contribution in [0.4, 0.5) is 0 Å². The van der Waals surface area contributed by atoms with E-state index in [-0.39, 0.29) is 11.2 Å². The van der Waals surface area contributed by atoms with Crippen LogP contribution < -0.4 is 5.32 Å². The van der Waals surface area contributed by atoms with Gasteiger partial charge in [0.1, 0.15) is 0 Å². The van der Waals surface area contributed by atoms with Gasteiger partial charge in [0.2, 0.25) is 0 Å². The predicted octanol–water partition coefficient (Wildman–Crippen LogP) is 3.25. The van der Waals surface area contributed by atoms with E-state index in [2.05, 4.69) is 39.9 Å². The summed E-state index contributed by atoms with van der Waals surface area (Å²) < 4.78 is 6.15. The summed E-state index contributed by atoms with van der Waals surface area (Å²) >= 11 is 0. The molecular formula is C14H27NO. The van der Waals surface area contributed by atoms with Gasteiger partial charge < -0.3 is 10.1 Å². The zero-order valence-corrected chi connectivity index (χ0v) is 11.5. The van der Waals surface area contributed by atoms with Crippen LogP contribution >= 0.6 is 0 Å². The molecule has 1 aliphatic heterocycles. The fraction of sp³-hybridized carbons (Fsp3) is 1.00. The summed E-state index contributed by atoms with van der Waals surface area (Å²) in [6.45, 7) is 11.2. The lowest BCUT2D eigenvalue weighted by atomic mass is 9.73. The van der Waals surface area contributed by atoms with Gasteiger partial charge in [-0.05, 0) is 59.8 Å². The van der Waals surface area contributed by atoms with E-state index in [9.17, 15) is 0 Å². The quantitative estimate of drug-likeness (QED) is 0.796. The van der Waals surface area contributed by atoms with Crippen LogP contribution in [0.25, 0.3) is 0 Å². The van der Waals surface area contributed by atoms with Crippen LogP contribution in [0.2, 0.25) is 0 Å². The minimum atomic E-state index is -0.0265. The smallest absolute Gasteiger partial charge is 0.0787 e. The van der Waals surface area contributed by atoms with E-state index in [4.69, 9.17) is 4.74 Å². The number of ether oxygens (including phenoxy) is 1. The molecule has 0 amide bonds. The van der Waals surface area contributed by atoms with Gasteiger partial charge in [0, 0.05) is 11.6 Å². The monoisotopic (exact) mass is 225 g/mol. The average molecular weight is 225 g/mol. The molecule has 1 aliphatic carbocycles. The molecule has 2 rings (SSSR count). The molecule has 16 heavy (non-hydrogen) atoms. The fourth-order valence-corrected chi connectivity index (χ4v) is 3.36. The molecule has 1 atom stereocenters. The summed E-state index contributed by atoms with van der Waals surface area (Å²) in [5.41, 5.74) is 0.423. The Morgan fingerprint density at radius 2 is 1.81 bits per heavy atom. The summed E-state index contributed by atoms with van der Waals surface area (Å²) in [6, 6.07) is 0.503. The summed E-state index contributed by atoms with van der Waals surface area (Å²) in [5.74, 6) is 0. The Morgan fingerprint density at radius 3 is 2.12 bits per heavy atom. The van der Waals surface area contributed by atoms with Gasteiger partial charge in [-0.15, -0.1) is 0 Å². The van der Waals surface area contributed by atoms with Gasteiger partial charge in [-0.25, -0.2) is 0 Å². The van der Waals surface area contributed by atoms with E-state index in [0.717, 1.165) is 6.42 Å². The number of nitrogens with one attached hydrogen (secondary N) is 1. The van der Waals surface area contributed by atoms with Crippen LogP contribution in [0, 0.1) is 0 Å². The highest BCUT2D eigenvalue weighted by Crippen LogP contribution is 2.42. The van der Waals surface area contributed by atoms with Crippen LogP contribution in [0.1, 0.15) is 66.7 Å². The van der Waals surface area contributed by atoms with Crippen molar-refractivity contribution in [2.24, 2.45) is 0 Å². The lowest BCUT2D eigenvalue weighted by molar-refractivity contribution is -0.0732. The minimum Gasteiger partial charge on any atom is -0.368 e. The Balaban J connectivity index is 2.04. The second kappa shape index (κ2) is 3.71. The van der Waals surface area contributed by atoms with Crippen molar-refractivity contribution in [3.8, 4) is 0 Å². The number of hydrogen-bond donors (Lipinski definition) is 1. The molecule has 1 heterocycles. The summed E-state index contributed by atoms with van der Waals surface area (Å²) in [4.78, 5) is 0. The maximum atomic E-state index is 6.15. The van der Waals surface area contributed by atoms with E-state index < -0.39 is 0 Å².